The summed E-state index contributed by atoms with van der Waals surface area (Å²) in [5.74, 6) is -0.480. The second-order valence-electron chi connectivity index (χ2n) is 5.88. The zero-order chi connectivity index (χ0) is 15.2. The summed E-state index contributed by atoms with van der Waals surface area (Å²) in [6.07, 6.45) is 5.50. The SMILES string of the molecule is CCC(CC)(NCC(=O)NC1CCCCC1C)C(=O)O. The summed E-state index contributed by atoms with van der Waals surface area (Å²) in [5, 5.41) is 15.3. The van der Waals surface area contributed by atoms with Gasteiger partial charge in [0.05, 0.1) is 6.54 Å². The minimum absolute atomic E-state index is 0.0667. The van der Waals surface area contributed by atoms with Crippen LogP contribution in [0.5, 0.6) is 0 Å². The Morgan fingerprint density at radius 3 is 2.30 bits per heavy atom. The van der Waals surface area contributed by atoms with Crippen LogP contribution in [0.1, 0.15) is 59.3 Å². The molecule has 0 aromatic heterocycles. The van der Waals surface area contributed by atoms with Gasteiger partial charge in [0.15, 0.2) is 0 Å². The Labute approximate surface area is 121 Å². The van der Waals surface area contributed by atoms with E-state index in [2.05, 4.69) is 17.6 Å². The molecule has 0 bridgehead atoms. The lowest BCUT2D eigenvalue weighted by Gasteiger charge is -2.31. The molecule has 1 aliphatic carbocycles. The van der Waals surface area contributed by atoms with E-state index in [9.17, 15) is 14.7 Å². The van der Waals surface area contributed by atoms with E-state index in [1.807, 2.05) is 13.8 Å². The number of hydrogen-bond acceptors (Lipinski definition) is 3. The van der Waals surface area contributed by atoms with Crippen molar-refractivity contribution in [1.82, 2.24) is 10.6 Å². The van der Waals surface area contributed by atoms with Gasteiger partial charge in [-0.05, 0) is 31.6 Å². The maximum atomic E-state index is 12.0. The predicted molar refractivity (Wildman–Crippen MR) is 78.5 cm³/mol. The second kappa shape index (κ2) is 7.62. The first-order valence-electron chi connectivity index (χ1n) is 7.73. The number of carboxylic acids is 1. The fourth-order valence-electron chi connectivity index (χ4n) is 2.92. The maximum absolute atomic E-state index is 12.0. The monoisotopic (exact) mass is 284 g/mol. The highest BCUT2D eigenvalue weighted by molar-refractivity contribution is 5.82. The van der Waals surface area contributed by atoms with Crippen LogP contribution in [0.15, 0.2) is 0 Å². The number of nitrogens with one attached hydrogen (secondary N) is 2. The van der Waals surface area contributed by atoms with E-state index in [1.54, 1.807) is 0 Å². The largest absolute Gasteiger partial charge is 0.480 e. The van der Waals surface area contributed by atoms with Crippen molar-refractivity contribution in [3.8, 4) is 0 Å². The standard InChI is InChI=1S/C15H28N2O3/c1-4-15(5-2,14(19)20)16-10-13(18)17-12-9-7-6-8-11(12)3/h11-12,16H,4-10H2,1-3H3,(H,17,18)(H,19,20). The van der Waals surface area contributed by atoms with Gasteiger partial charge in [0.1, 0.15) is 5.54 Å². The van der Waals surface area contributed by atoms with E-state index in [1.165, 1.54) is 6.42 Å². The first-order chi connectivity index (χ1) is 9.45. The minimum Gasteiger partial charge on any atom is -0.480 e. The number of hydrogen-bond donors (Lipinski definition) is 3. The van der Waals surface area contributed by atoms with E-state index < -0.39 is 11.5 Å². The fraction of sp³-hybridized carbons (Fsp3) is 0.867. The molecule has 0 aromatic rings. The van der Waals surface area contributed by atoms with Gasteiger partial charge in [-0.2, -0.15) is 0 Å². The van der Waals surface area contributed by atoms with Crippen molar-refractivity contribution < 1.29 is 14.7 Å². The van der Waals surface area contributed by atoms with Crippen LogP contribution in [0.4, 0.5) is 0 Å². The van der Waals surface area contributed by atoms with E-state index in [4.69, 9.17) is 0 Å². The molecule has 1 saturated carbocycles. The summed E-state index contributed by atoms with van der Waals surface area (Å²) in [6.45, 7) is 5.88. The van der Waals surface area contributed by atoms with Crippen LogP contribution in [-0.2, 0) is 9.59 Å². The van der Waals surface area contributed by atoms with E-state index >= 15 is 0 Å². The van der Waals surface area contributed by atoms with Crippen LogP contribution < -0.4 is 10.6 Å². The molecule has 0 heterocycles. The Balaban J connectivity index is 2.47. The van der Waals surface area contributed by atoms with Gasteiger partial charge < -0.3 is 10.4 Å². The molecule has 0 radical (unpaired) electrons. The molecule has 2 unspecified atom stereocenters. The molecule has 5 heteroatoms. The van der Waals surface area contributed by atoms with Gasteiger partial charge in [0.25, 0.3) is 0 Å². The Morgan fingerprint density at radius 1 is 1.20 bits per heavy atom. The lowest BCUT2D eigenvalue weighted by molar-refractivity contribution is -0.145. The molecular formula is C15H28N2O3. The molecule has 0 aromatic carbocycles. The van der Waals surface area contributed by atoms with E-state index in [0.29, 0.717) is 18.8 Å². The smallest absolute Gasteiger partial charge is 0.323 e. The molecular weight excluding hydrogens is 256 g/mol. The van der Waals surface area contributed by atoms with Crippen LogP contribution in [0.3, 0.4) is 0 Å². The van der Waals surface area contributed by atoms with Gasteiger partial charge in [0.2, 0.25) is 5.91 Å². The lowest BCUT2D eigenvalue weighted by atomic mass is 9.86. The van der Waals surface area contributed by atoms with Gasteiger partial charge >= 0.3 is 5.97 Å². The van der Waals surface area contributed by atoms with E-state index in [0.717, 1.165) is 19.3 Å². The number of carbonyl (C=O) groups excluding carboxylic acids is 1. The third-order valence-electron chi connectivity index (χ3n) is 4.66. The van der Waals surface area contributed by atoms with Crippen molar-refractivity contribution in [3.05, 3.63) is 0 Å². The molecule has 1 fully saturated rings. The number of amides is 1. The van der Waals surface area contributed by atoms with Crippen molar-refractivity contribution in [2.45, 2.75) is 70.9 Å². The highest BCUT2D eigenvalue weighted by Gasteiger charge is 2.35. The van der Waals surface area contributed by atoms with Gasteiger partial charge in [-0.1, -0.05) is 33.6 Å². The predicted octanol–water partition coefficient (Wildman–Crippen LogP) is 1.91. The molecule has 0 aliphatic heterocycles. The second-order valence-corrected chi connectivity index (χ2v) is 5.88. The molecule has 0 saturated heterocycles. The lowest BCUT2D eigenvalue weighted by Crippen LogP contribution is -2.55. The molecule has 116 valence electrons. The summed E-state index contributed by atoms with van der Waals surface area (Å²) in [7, 11) is 0. The highest BCUT2D eigenvalue weighted by Crippen LogP contribution is 2.23. The van der Waals surface area contributed by atoms with Crippen LogP contribution in [-0.4, -0.2) is 35.1 Å². The third-order valence-corrected chi connectivity index (χ3v) is 4.66. The van der Waals surface area contributed by atoms with Gasteiger partial charge in [-0.15, -0.1) is 0 Å². The average Bonchev–Trinajstić information content (AvgIpc) is 2.43. The Morgan fingerprint density at radius 2 is 1.80 bits per heavy atom. The Hall–Kier alpha value is -1.10. The summed E-state index contributed by atoms with van der Waals surface area (Å²) in [5.41, 5.74) is -0.991. The number of rotatable bonds is 7. The maximum Gasteiger partial charge on any atom is 0.323 e. The molecule has 5 nitrogen and oxygen atoms in total. The summed E-state index contributed by atoms with van der Waals surface area (Å²) in [6, 6.07) is 0.237. The number of aliphatic carboxylic acids is 1. The first-order valence-corrected chi connectivity index (χ1v) is 7.73. The van der Waals surface area contributed by atoms with Crippen molar-refractivity contribution in [3.63, 3.8) is 0 Å². The highest BCUT2D eigenvalue weighted by atomic mass is 16.4. The summed E-state index contributed by atoms with van der Waals surface area (Å²) < 4.78 is 0. The number of carbonyl (C=O) groups is 2. The van der Waals surface area contributed by atoms with Gasteiger partial charge in [-0.3, -0.25) is 14.9 Å². The molecule has 1 rings (SSSR count). The quantitative estimate of drug-likeness (QED) is 0.667. The van der Waals surface area contributed by atoms with Crippen molar-refractivity contribution in [1.29, 1.82) is 0 Å². The third kappa shape index (κ3) is 4.20. The van der Waals surface area contributed by atoms with Crippen molar-refractivity contribution >= 4 is 11.9 Å². The minimum atomic E-state index is -0.991. The molecule has 2 atom stereocenters. The van der Waals surface area contributed by atoms with Crippen LogP contribution in [0.2, 0.25) is 0 Å². The molecule has 1 amide bonds. The van der Waals surface area contributed by atoms with E-state index in [-0.39, 0.29) is 18.5 Å². The van der Waals surface area contributed by atoms with Crippen LogP contribution in [0, 0.1) is 5.92 Å². The molecule has 3 N–H and O–H groups in total. The zero-order valence-corrected chi connectivity index (χ0v) is 12.9. The summed E-state index contributed by atoms with van der Waals surface area (Å²) in [4.78, 5) is 23.3. The van der Waals surface area contributed by atoms with Crippen LogP contribution in [0.25, 0.3) is 0 Å². The Kier molecular flexibility index (Phi) is 6.46. The van der Waals surface area contributed by atoms with Crippen LogP contribution >= 0.6 is 0 Å². The Bertz CT molecular complexity index is 340. The van der Waals surface area contributed by atoms with Gasteiger partial charge in [-0.25, -0.2) is 0 Å². The van der Waals surface area contributed by atoms with Gasteiger partial charge in [0, 0.05) is 6.04 Å². The topological polar surface area (TPSA) is 78.4 Å². The van der Waals surface area contributed by atoms with Crippen molar-refractivity contribution in [2.75, 3.05) is 6.54 Å². The number of carboxylic acid groups (broad SMARTS) is 1. The average molecular weight is 284 g/mol. The normalized spacial score (nSPS) is 23.4. The molecule has 0 spiro atoms. The molecule has 1 aliphatic rings. The first kappa shape index (κ1) is 17.0. The molecule has 20 heavy (non-hydrogen) atoms. The fourth-order valence-corrected chi connectivity index (χ4v) is 2.92. The summed E-state index contributed by atoms with van der Waals surface area (Å²) >= 11 is 0. The zero-order valence-electron chi connectivity index (χ0n) is 12.9. The van der Waals surface area contributed by atoms with Crippen molar-refractivity contribution in [2.24, 2.45) is 5.92 Å².